The molecule has 14 heavy (non-hydrogen) atoms. The third kappa shape index (κ3) is 3.47. The fraction of sp³-hybridized carbons (Fsp3) is 0.778. The summed E-state index contributed by atoms with van der Waals surface area (Å²) in [7, 11) is 1.66. The van der Waals surface area contributed by atoms with Crippen LogP contribution in [0, 0.1) is 0 Å². The van der Waals surface area contributed by atoms with Gasteiger partial charge in [0.1, 0.15) is 17.6 Å². The highest BCUT2D eigenvalue weighted by molar-refractivity contribution is 8.00. The van der Waals surface area contributed by atoms with Gasteiger partial charge in [-0.1, -0.05) is 12.2 Å². The van der Waals surface area contributed by atoms with Gasteiger partial charge < -0.3 is 14.6 Å². The third-order valence-corrected chi connectivity index (χ3v) is 3.59. The van der Waals surface area contributed by atoms with Gasteiger partial charge in [0.2, 0.25) is 0 Å². The van der Waals surface area contributed by atoms with Crippen molar-refractivity contribution in [2.45, 2.75) is 17.6 Å². The Bertz CT molecular complexity index is 187. The summed E-state index contributed by atoms with van der Waals surface area (Å²) in [6.07, 6.45) is 3.56. The van der Waals surface area contributed by atoms with Crippen LogP contribution in [0.2, 0.25) is 0 Å². The Morgan fingerprint density at radius 3 is 2.93 bits per heavy atom. The van der Waals surface area contributed by atoms with Gasteiger partial charge >= 0.3 is 0 Å². The minimum atomic E-state index is -0.196. The van der Waals surface area contributed by atoms with E-state index in [-0.39, 0.29) is 24.3 Å². The molecule has 5 heteroatoms. The van der Waals surface area contributed by atoms with Gasteiger partial charge in [-0.2, -0.15) is 12.6 Å². The molecule has 0 aromatic rings. The van der Waals surface area contributed by atoms with E-state index >= 15 is 0 Å². The summed E-state index contributed by atoms with van der Waals surface area (Å²) in [6.45, 7) is 0.0187. The molecule has 3 nitrogen and oxygen atoms in total. The smallest absolute Gasteiger partial charge is 0.133 e. The van der Waals surface area contributed by atoms with E-state index in [2.05, 4.69) is 12.6 Å². The van der Waals surface area contributed by atoms with Crippen LogP contribution in [0.15, 0.2) is 12.2 Å². The molecule has 0 aromatic heterocycles. The number of hydrogen-bond donors (Lipinski definition) is 2. The molecule has 1 rings (SSSR count). The van der Waals surface area contributed by atoms with Crippen LogP contribution >= 0.6 is 24.4 Å². The van der Waals surface area contributed by atoms with E-state index in [0.717, 1.165) is 11.5 Å². The molecule has 82 valence electrons. The SMILES string of the molecule is CO[C@H]1C=C[C@@H](CO)O[C@@H]1SCCS. The maximum atomic E-state index is 8.95. The number of aliphatic hydroxyl groups excluding tert-OH is 1. The lowest BCUT2D eigenvalue weighted by atomic mass is 10.2. The van der Waals surface area contributed by atoms with Gasteiger partial charge in [-0.25, -0.2) is 0 Å². The number of ether oxygens (including phenoxy) is 2. The minimum Gasteiger partial charge on any atom is -0.393 e. The fourth-order valence-corrected chi connectivity index (χ4v) is 2.48. The van der Waals surface area contributed by atoms with Gasteiger partial charge in [-0.15, -0.1) is 11.8 Å². The summed E-state index contributed by atoms with van der Waals surface area (Å²) in [5, 5.41) is 8.95. The second-order valence-corrected chi connectivity index (χ2v) is 4.56. The standard InChI is InChI=1S/C9H16O3S2/c1-11-8-3-2-7(6-10)12-9(8)14-5-4-13/h2-3,7-10,13H,4-6H2,1H3/t7-,8-,9+/m0/s1. The molecular weight excluding hydrogens is 220 g/mol. The molecule has 0 saturated carbocycles. The van der Waals surface area contributed by atoms with E-state index in [0.29, 0.717) is 0 Å². The van der Waals surface area contributed by atoms with Crippen molar-refractivity contribution in [2.75, 3.05) is 25.2 Å². The predicted molar refractivity (Wildman–Crippen MR) is 62.0 cm³/mol. The number of thiol groups is 1. The van der Waals surface area contributed by atoms with Gasteiger partial charge in [0.05, 0.1) is 6.61 Å². The monoisotopic (exact) mass is 236 g/mol. The van der Waals surface area contributed by atoms with Crippen molar-refractivity contribution in [1.82, 2.24) is 0 Å². The molecule has 0 saturated heterocycles. The van der Waals surface area contributed by atoms with E-state index in [4.69, 9.17) is 14.6 Å². The van der Waals surface area contributed by atoms with Crippen LogP contribution in [0.5, 0.6) is 0 Å². The van der Waals surface area contributed by atoms with Gasteiger partial charge in [-0.3, -0.25) is 0 Å². The number of methoxy groups -OCH3 is 1. The van der Waals surface area contributed by atoms with Crippen LogP contribution in [0.1, 0.15) is 0 Å². The maximum absolute atomic E-state index is 8.95. The molecule has 0 unspecified atom stereocenters. The van der Waals surface area contributed by atoms with Crippen LogP contribution in [0.3, 0.4) is 0 Å². The summed E-state index contributed by atoms with van der Waals surface area (Å²) in [5.74, 6) is 1.73. The molecule has 3 atom stereocenters. The lowest BCUT2D eigenvalue weighted by molar-refractivity contribution is -0.0406. The summed E-state index contributed by atoms with van der Waals surface area (Å²) in [4.78, 5) is 0. The average molecular weight is 236 g/mol. The summed E-state index contributed by atoms with van der Waals surface area (Å²) in [6, 6.07) is 0. The molecule has 0 fully saturated rings. The summed E-state index contributed by atoms with van der Waals surface area (Å²) >= 11 is 5.80. The van der Waals surface area contributed by atoms with Crippen molar-refractivity contribution in [2.24, 2.45) is 0 Å². The van der Waals surface area contributed by atoms with E-state index in [1.165, 1.54) is 0 Å². The second-order valence-electron chi connectivity index (χ2n) is 2.91. The third-order valence-electron chi connectivity index (χ3n) is 1.92. The summed E-state index contributed by atoms with van der Waals surface area (Å²) < 4.78 is 10.9. The van der Waals surface area contributed by atoms with E-state index in [1.807, 2.05) is 12.2 Å². The first-order chi connectivity index (χ1) is 6.81. The highest BCUT2D eigenvalue weighted by Gasteiger charge is 2.26. The van der Waals surface area contributed by atoms with Crippen LogP contribution in [0.4, 0.5) is 0 Å². The van der Waals surface area contributed by atoms with Crippen LogP contribution in [-0.2, 0) is 9.47 Å². The largest absolute Gasteiger partial charge is 0.393 e. The molecule has 1 N–H and O–H groups in total. The first kappa shape index (κ1) is 12.4. The Kier molecular flexibility index (Phi) is 5.96. The first-order valence-corrected chi connectivity index (χ1v) is 6.19. The van der Waals surface area contributed by atoms with Gasteiger partial charge in [0.15, 0.2) is 0 Å². The van der Waals surface area contributed by atoms with Gasteiger partial charge in [-0.05, 0) is 5.75 Å². The zero-order valence-electron chi connectivity index (χ0n) is 8.13. The van der Waals surface area contributed by atoms with E-state index in [1.54, 1.807) is 18.9 Å². The lowest BCUT2D eigenvalue weighted by Gasteiger charge is -2.30. The number of hydrogen-bond acceptors (Lipinski definition) is 5. The lowest BCUT2D eigenvalue weighted by Crippen LogP contribution is -2.35. The number of thioether (sulfide) groups is 1. The van der Waals surface area contributed by atoms with Crippen molar-refractivity contribution in [3.8, 4) is 0 Å². The fourth-order valence-electron chi connectivity index (χ4n) is 1.22. The molecule has 0 aliphatic carbocycles. The maximum Gasteiger partial charge on any atom is 0.133 e. The van der Waals surface area contributed by atoms with Crippen molar-refractivity contribution in [3.05, 3.63) is 12.2 Å². The highest BCUT2D eigenvalue weighted by Crippen LogP contribution is 2.25. The molecule has 0 radical (unpaired) electrons. The topological polar surface area (TPSA) is 38.7 Å². The first-order valence-electron chi connectivity index (χ1n) is 4.51. The van der Waals surface area contributed by atoms with E-state index < -0.39 is 0 Å². The average Bonchev–Trinajstić information content (AvgIpc) is 2.25. The molecule has 0 amide bonds. The van der Waals surface area contributed by atoms with Crippen LogP contribution in [0.25, 0.3) is 0 Å². The Hall–Kier alpha value is 0.320. The second kappa shape index (κ2) is 6.74. The minimum absolute atomic E-state index is 0.0187. The van der Waals surface area contributed by atoms with Gasteiger partial charge in [0, 0.05) is 12.9 Å². The molecule has 1 aliphatic rings. The molecule has 0 spiro atoms. The van der Waals surface area contributed by atoms with Crippen molar-refractivity contribution >= 4 is 24.4 Å². The Labute approximate surface area is 94.3 Å². The zero-order chi connectivity index (χ0) is 10.4. The Morgan fingerprint density at radius 1 is 1.57 bits per heavy atom. The Balaban J connectivity index is 2.48. The molecule has 1 aliphatic heterocycles. The zero-order valence-corrected chi connectivity index (χ0v) is 9.84. The van der Waals surface area contributed by atoms with Crippen LogP contribution in [-0.4, -0.2) is 48.0 Å². The van der Waals surface area contributed by atoms with Gasteiger partial charge in [0.25, 0.3) is 0 Å². The molecule has 0 bridgehead atoms. The summed E-state index contributed by atoms with van der Waals surface area (Å²) in [5.41, 5.74) is -0.0331. The quantitative estimate of drug-likeness (QED) is 0.550. The highest BCUT2D eigenvalue weighted by atomic mass is 32.2. The molecule has 1 heterocycles. The van der Waals surface area contributed by atoms with Crippen molar-refractivity contribution in [1.29, 1.82) is 0 Å². The van der Waals surface area contributed by atoms with Crippen molar-refractivity contribution < 1.29 is 14.6 Å². The number of rotatable bonds is 5. The Morgan fingerprint density at radius 2 is 2.36 bits per heavy atom. The normalized spacial score (nSPS) is 32.1. The van der Waals surface area contributed by atoms with Crippen molar-refractivity contribution in [3.63, 3.8) is 0 Å². The molecule has 0 aromatic carbocycles. The predicted octanol–water partition coefficient (Wildman–Crippen LogP) is 0.938. The molecular formula is C9H16O3S2. The van der Waals surface area contributed by atoms with Crippen LogP contribution < -0.4 is 0 Å². The van der Waals surface area contributed by atoms with E-state index in [9.17, 15) is 0 Å². The number of aliphatic hydroxyl groups is 1.